The smallest absolute Gasteiger partial charge is 0.180 e. The Bertz CT molecular complexity index is 353. The number of aromatic nitrogens is 1. The largest absolute Gasteiger partial charge is 0.384 e. The second-order valence-electron chi connectivity index (χ2n) is 4.80. The van der Waals surface area contributed by atoms with E-state index in [1.807, 2.05) is 0 Å². The molecule has 0 aromatic carbocycles. The molecule has 0 bridgehead atoms. The van der Waals surface area contributed by atoms with E-state index in [-0.39, 0.29) is 0 Å². The fourth-order valence-corrected chi connectivity index (χ4v) is 3.38. The molecule has 1 fully saturated rings. The maximum Gasteiger partial charge on any atom is 0.180 e. The molecule has 90 valence electrons. The summed E-state index contributed by atoms with van der Waals surface area (Å²) in [5.41, 5.74) is 4.97. The number of aliphatic hydroxyl groups is 1. The minimum atomic E-state index is -0.667. The van der Waals surface area contributed by atoms with Crippen LogP contribution in [0, 0.1) is 5.92 Å². The fraction of sp³-hybridized carbons (Fsp3) is 0.750. The zero-order valence-corrected chi connectivity index (χ0v) is 10.6. The van der Waals surface area contributed by atoms with Gasteiger partial charge in [0.05, 0.1) is 4.88 Å². The first-order valence-corrected chi connectivity index (χ1v) is 6.90. The molecular weight excluding hydrogens is 220 g/mol. The minimum absolute atomic E-state index is 0.555. The highest BCUT2D eigenvalue weighted by atomic mass is 32.1. The van der Waals surface area contributed by atoms with Crippen LogP contribution in [0.25, 0.3) is 0 Å². The van der Waals surface area contributed by atoms with E-state index in [9.17, 15) is 5.11 Å². The second kappa shape index (κ2) is 4.72. The van der Waals surface area contributed by atoms with Gasteiger partial charge in [0.25, 0.3) is 0 Å². The summed E-state index contributed by atoms with van der Waals surface area (Å²) in [6, 6.07) is 0. The average Bonchev–Trinajstić information content (AvgIpc) is 2.61. The number of nitrogen functional groups attached to an aromatic ring is 1. The van der Waals surface area contributed by atoms with Crippen molar-refractivity contribution in [3.63, 3.8) is 0 Å². The van der Waals surface area contributed by atoms with Gasteiger partial charge in [-0.05, 0) is 31.6 Å². The molecule has 1 aliphatic carbocycles. The van der Waals surface area contributed by atoms with E-state index in [1.54, 1.807) is 6.20 Å². The van der Waals surface area contributed by atoms with Crippen molar-refractivity contribution in [1.82, 2.24) is 4.98 Å². The summed E-state index contributed by atoms with van der Waals surface area (Å²) in [6.45, 7) is 2.24. The Morgan fingerprint density at radius 3 is 3.00 bits per heavy atom. The van der Waals surface area contributed by atoms with Gasteiger partial charge in [0, 0.05) is 6.20 Å². The summed E-state index contributed by atoms with van der Waals surface area (Å²) in [5.74, 6) is 0.777. The number of nitrogens with two attached hydrogens (primary N) is 1. The number of anilines is 1. The number of rotatable bonds is 2. The van der Waals surface area contributed by atoms with Crippen LogP contribution < -0.4 is 5.73 Å². The molecule has 2 atom stereocenters. The third-order valence-corrected chi connectivity index (χ3v) is 4.75. The molecule has 3 nitrogen and oxygen atoms in total. The molecule has 1 aliphatic rings. The van der Waals surface area contributed by atoms with E-state index in [1.165, 1.54) is 24.2 Å². The minimum Gasteiger partial charge on any atom is -0.384 e. The van der Waals surface area contributed by atoms with E-state index in [2.05, 4.69) is 11.9 Å². The van der Waals surface area contributed by atoms with Crippen LogP contribution in [-0.4, -0.2) is 10.1 Å². The van der Waals surface area contributed by atoms with Crippen molar-refractivity contribution >= 4 is 16.5 Å². The van der Waals surface area contributed by atoms with Crippen LogP contribution >= 0.6 is 11.3 Å². The lowest BCUT2D eigenvalue weighted by molar-refractivity contribution is 0.0231. The van der Waals surface area contributed by atoms with Crippen LogP contribution in [0.3, 0.4) is 0 Å². The zero-order valence-electron chi connectivity index (χ0n) is 9.78. The monoisotopic (exact) mass is 240 g/mol. The Balaban J connectivity index is 2.13. The van der Waals surface area contributed by atoms with Crippen LogP contribution in [0.2, 0.25) is 0 Å². The molecule has 2 rings (SSSR count). The normalized spacial score (nSPS) is 31.2. The SMILES string of the molecule is CCC1CCCC(O)(c2cnc(N)s2)CC1. The molecule has 2 unspecified atom stereocenters. The Labute approximate surface area is 101 Å². The predicted molar refractivity (Wildman–Crippen MR) is 67.3 cm³/mol. The highest BCUT2D eigenvalue weighted by molar-refractivity contribution is 7.15. The quantitative estimate of drug-likeness (QED) is 0.781. The average molecular weight is 240 g/mol. The molecule has 0 aliphatic heterocycles. The predicted octanol–water partition coefficient (Wildman–Crippen LogP) is 2.90. The van der Waals surface area contributed by atoms with Crippen LogP contribution in [0.1, 0.15) is 50.3 Å². The number of thiazole rings is 1. The summed E-state index contributed by atoms with van der Waals surface area (Å²) < 4.78 is 0. The third-order valence-electron chi connectivity index (χ3n) is 3.73. The van der Waals surface area contributed by atoms with Gasteiger partial charge in [-0.1, -0.05) is 31.1 Å². The van der Waals surface area contributed by atoms with Gasteiger partial charge < -0.3 is 10.8 Å². The van der Waals surface area contributed by atoms with Gasteiger partial charge in [-0.2, -0.15) is 0 Å². The first-order valence-electron chi connectivity index (χ1n) is 6.08. The molecule has 0 spiro atoms. The Hall–Kier alpha value is -0.610. The molecule has 1 saturated carbocycles. The summed E-state index contributed by atoms with van der Waals surface area (Å²) in [7, 11) is 0. The van der Waals surface area contributed by atoms with Crippen molar-refractivity contribution in [1.29, 1.82) is 0 Å². The van der Waals surface area contributed by atoms with Crippen LogP contribution in [0.15, 0.2) is 6.20 Å². The second-order valence-corrected chi connectivity index (χ2v) is 5.86. The highest BCUT2D eigenvalue weighted by Crippen LogP contribution is 2.40. The molecule has 1 aromatic heterocycles. The van der Waals surface area contributed by atoms with Crippen molar-refractivity contribution in [2.24, 2.45) is 5.92 Å². The molecule has 1 aromatic rings. The van der Waals surface area contributed by atoms with E-state index in [0.29, 0.717) is 5.13 Å². The highest BCUT2D eigenvalue weighted by Gasteiger charge is 2.33. The molecule has 0 amide bonds. The molecule has 16 heavy (non-hydrogen) atoms. The van der Waals surface area contributed by atoms with Crippen molar-refractivity contribution in [3.8, 4) is 0 Å². The fourth-order valence-electron chi connectivity index (χ4n) is 2.55. The van der Waals surface area contributed by atoms with Gasteiger partial charge in [0.2, 0.25) is 0 Å². The number of hydrogen-bond acceptors (Lipinski definition) is 4. The third kappa shape index (κ3) is 2.38. The maximum atomic E-state index is 10.7. The van der Waals surface area contributed by atoms with E-state index >= 15 is 0 Å². The molecular formula is C12H20N2OS. The molecule has 3 N–H and O–H groups in total. The lowest BCUT2D eigenvalue weighted by atomic mass is 9.92. The van der Waals surface area contributed by atoms with Crippen molar-refractivity contribution < 1.29 is 5.11 Å². The van der Waals surface area contributed by atoms with Crippen LogP contribution in [0.4, 0.5) is 5.13 Å². The zero-order chi connectivity index (χ0) is 11.6. The van der Waals surface area contributed by atoms with Gasteiger partial charge in [0.15, 0.2) is 5.13 Å². The summed E-state index contributed by atoms with van der Waals surface area (Å²) >= 11 is 1.43. The van der Waals surface area contributed by atoms with Gasteiger partial charge >= 0.3 is 0 Å². The van der Waals surface area contributed by atoms with Crippen LogP contribution in [-0.2, 0) is 5.60 Å². The number of hydrogen-bond donors (Lipinski definition) is 2. The maximum absolute atomic E-state index is 10.7. The molecule has 4 heteroatoms. The van der Waals surface area contributed by atoms with Gasteiger partial charge in [-0.15, -0.1) is 0 Å². The lowest BCUT2D eigenvalue weighted by Crippen LogP contribution is -2.23. The van der Waals surface area contributed by atoms with Gasteiger partial charge in [0.1, 0.15) is 5.60 Å². The summed E-state index contributed by atoms with van der Waals surface area (Å²) in [5, 5.41) is 11.2. The summed E-state index contributed by atoms with van der Waals surface area (Å²) in [4.78, 5) is 4.99. The summed E-state index contributed by atoms with van der Waals surface area (Å²) in [6.07, 6.45) is 8.14. The van der Waals surface area contributed by atoms with E-state index in [0.717, 1.165) is 36.5 Å². The topological polar surface area (TPSA) is 59.1 Å². The van der Waals surface area contributed by atoms with Crippen molar-refractivity contribution in [2.45, 2.75) is 51.0 Å². The van der Waals surface area contributed by atoms with Crippen LogP contribution in [0.5, 0.6) is 0 Å². The molecule has 1 heterocycles. The first kappa shape index (κ1) is 11.9. The number of nitrogens with zero attached hydrogens (tertiary/aromatic N) is 1. The lowest BCUT2D eigenvalue weighted by Gasteiger charge is -2.24. The molecule has 0 saturated heterocycles. The Morgan fingerprint density at radius 2 is 2.38 bits per heavy atom. The van der Waals surface area contributed by atoms with E-state index < -0.39 is 5.60 Å². The van der Waals surface area contributed by atoms with Gasteiger partial charge in [-0.25, -0.2) is 4.98 Å². The van der Waals surface area contributed by atoms with Gasteiger partial charge in [-0.3, -0.25) is 0 Å². The standard InChI is InChI=1S/C12H20N2OS/c1-2-9-4-3-6-12(15,7-5-9)10-8-14-11(13)16-10/h8-9,15H,2-7H2,1H3,(H2,13,14). The van der Waals surface area contributed by atoms with Crippen molar-refractivity contribution in [2.75, 3.05) is 5.73 Å². The Kier molecular flexibility index (Phi) is 3.50. The van der Waals surface area contributed by atoms with E-state index in [4.69, 9.17) is 5.73 Å². The van der Waals surface area contributed by atoms with Crippen molar-refractivity contribution in [3.05, 3.63) is 11.1 Å². The first-order chi connectivity index (χ1) is 7.64. The Morgan fingerprint density at radius 1 is 1.56 bits per heavy atom. The molecule has 0 radical (unpaired) electrons.